The van der Waals surface area contributed by atoms with Crippen molar-refractivity contribution in [2.45, 2.75) is 87.5 Å². The van der Waals surface area contributed by atoms with E-state index < -0.39 is 34.4 Å². The number of halogens is 1. The van der Waals surface area contributed by atoms with E-state index in [1.54, 1.807) is 30.3 Å². The Morgan fingerprint density at radius 2 is 1.33 bits per heavy atom. The average Bonchev–Trinajstić information content (AvgIpc) is 3.75. The van der Waals surface area contributed by atoms with Gasteiger partial charge in [-0.3, -0.25) is 9.59 Å². The molecule has 0 bridgehead atoms. The molecular formula is C54H55FN2O5S. The van der Waals surface area contributed by atoms with Crippen LogP contribution in [0.1, 0.15) is 90.7 Å². The first-order chi connectivity index (χ1) is 30.3. The maximum absolute atomic E-state index is 14.4. The van der Waals surface area contributed by atoms with Crippen molar-refractivity contribution < 1.29 is 28.2 Å². The second-order valence-electron chi connectivity index (χ2n) is 17.2. The number of ether oxygens (including phenoxy) is 2. The highest BCUT2D eigenvalue weighted by Crippen LogP contribution is 2.51. The lowest BCUT2D eigenvalue weighted by Crippen LogP contribution is -2.47. The Labute approximate surface area is 374 Å². The van der Waals surface area contributed by atoms with Gasteiger partial charge in [0.1, 0.15) is 23.0 Å². The van der Waals surface area contributed by atoms with E-state index in [9.17, 15) is 18.8 Å². The van der Waals surface area contributed by atoms with Gasteiger partial charge in [-0.05, 0) is 111 Å². The Morgan fingerprint density at radius 1 is 0.762 bits per heavy atom. The van der Waals surface area contributed by atoms with Gasteiger partial charge in [0.05, 0.1) is 10.8 Å². The van der Waals surface area contributed by atoms with Crippen molar-refractivity contribution in [3.8, 4) is 5.75 Å². The standard InChI is InChI=1S/C54H55FN2O5S/c1-36(37(2)58)46-23-15-16-24-48(46)57-51(59)47-33-44(32-29-39(47)28-25-38-26-30-43(55)31-27-38)61-50(52(60)62-53(3,4)5)49-34-45(35-56-49)63-54(40-17-9-6-10-18-40,41-19-11-7-12-20-41)42-21-13-8-14-22-42/h6-24,26-27,29-33,36,45,49-50,56H,25,28,34-35H2,1-5H3,(H,57,59)/t36-,45?,49?,50?/m1/s1. The number of nitrogens with one attached hydrogen (secondary N) is 2. The zero-order valence-electron chi connectivity index (χ0n) is 36.5. The molecule has 0 radical (unpaired) electrons. The number of carbonyl (C=O) groups excluding carboxylic acids is 3. The zero-order chi connectivity index (χ0) is 44.6. The summed E-state index contributed by atoms with van der Waals surface area (Å²) in [4.78, 5) is 41.0. The van der Waals surface area contributed by atoms with Crippen LogP contribution < -0.4 is 15.4 Å². The fourth-order valence-electron chi connectivity index (χ4n) is 8.21. The van der Waals surface area contributed by atoms with E-state index in [0.717, 1.165) is 27.8 Å². The van der Waals surface area contributed by atoms with Crippen LogP contribution in [0.25, 0.3) is 0 Å². The zero-order valence-corrected chi connectivity index (χ0v) is 37.3. The molecule has 0 spiro atoms. The van der Waals surface area contributed by atoms with Gasteiger partial charge in [0.25, 0.3) is 5.91 Å². The second-order valence-corrected chi connectivity index (χ2v) is 18.7. The molecule has 1 aliphatic heterocycles. The number of hydrogen-bond donors (Lipinski definition) is 2. The molecule has 1 fully saturated rings. The first kappa shape index (κ1) is 45.0. The number of aryl methyl sites for hydroxylation is 2. The van der Waals surface area contributed by atoms with E-state index in [-0.39, 0.29) is 22.8 Å². The van der Waals surface area contributed by atoms with Gasteiger partial charge in [-0.1, -0.05) is 134 Å². The monoisotopic (exact) mass is 862 g/mol. The summed E-state index contributed by atoms with van der Waals surface area (Å²) in [5.41, 5.74) is 5.93. The quantitative estimate of drug-likeness (QED) is 0.0739. The molecule has 0 aliphatic carbocycles. The van der Waals surface area contributed by atoms with E-state index in [2.05, 4.69) is 83.4 Å². The molecule has 1 saturated heterocycles. The molecule has 2 N–H and O–H groups in total. The van der Waals surface area contributed by atoms with Gasteiger partial charge >= 0.3 is 5.97 Å². The molecule has 3 unspecified atom stereocenters. The number of hydrogen-bond acceptors (Lipinski definition) is 7. The van der Waals surface area contributed by atoms with E-state index >= 15 is 0 Å². The number of ketones is 1. The molecule has 7 rings (SSSR count). The van der Waals surface area contributed by atoms with Gasteiger partial charge in [0, 0.05) is 29.0 Å². The van der Waals surface area contributed by atoms with E-state index in [1.807, 2.05) is 81.9 Å². The summed E-state index contributed by atoms with van der Waals surface area (Å²) >= 11 is 1.86. The molecule has 0 saturated carbocycles. The van der Waals surface area contributed by atoms with Crippen molar-refractivity contribution >= 4 is 35.1 Å². The number of anilines is 1. The second kappa shape index (κ2) is 20.0. The Bertz CT molecular complexity index is 2400. The molecule has 1 amide bonds. The van der Waals surface area contributed by atoms with Crippen LogP contribution in [0.2, 0.25) is 0 Å². The van der Waals surface area contributed by atoms with Crippen LogP contribution >= 0.6 is 11.8 Å². The van der Waals surface area contributed by atoms with Crippen LogP contribution in [-0.4, -0.2) is 47.2 Å². The van der Waals surface area contributed by atoms with E-state index in [4.69, 9.17) is 9.47 Å². The predicted molar refractivity (Wildman–Crippen MR) is 251 cm³/mol. The molecule has 7 nitrogen and oxygen atoms in total. The van der Waals surface area contributed by atoms with Gasteiger partial charge < -0.3 is 20.1 Å². The molecule has 6 aromatic rings. The van der Waals surface area contributed by atoms with Crippen molar-refractivity contribution in [3.63, 3.8) is 0 Å². The summed E-state index contributed by atoms with van der Waals surface area (Å²) in [5.74, 6) is -1.33. The number of carbonyl (C=O) groups is 3. The van der Waals surface area contributed by atoms with E-state index in [1.165, 1.54) is 19.1 Å². The molecule has 63 heavy (non-hydrogen) atoms. The summed E-state index contributed by atoms with van der Waals surface area (Å²) in [6, 6.07) is 50.1. The van der Waals surface area contributed by atoms with Crippen molar-refractivity contribution in [2.75, 3.05) is 11.9 Å². The maximum Gasteiger partial charge on any atom is 0.349 e. The Balaban J connectivity index is 1.21. The molecule has 0 aromatic heterocycles. The largest absolute Gasteiger partial charge is 0.477 e. The lowest BCUT2D eigenvalue weighted by Gasteiger charge is -2.37. The minimum Gasteiger partial charge on any atom is -0.477 e. The summed E-state index contributed by atoms with van der Waals surface area (Å²) in [5, 5.41) is 6.76. The molecule has 324 valence electrons. The number of rotatable bonds is 16. The SMILES string of the molecule is CC(=O)[C@@H](C)c1ccccc1NC(=O)c1cc(OC(C(=O)OC(C)(C)C)C2CC(SC(c3ccccc3)(c3ccccc3)c3ccccc3)CN2)ccc1CCc1ccc(F)cc1. The topological polar surface area (TPSA) is 93.7 Å². The highest BCUT2D eigenvalue weighted by Gasteiger charge is 2.45. The number of Topliss-reactive ketones (excluding diaryl/α,β-unsaturated/α-hetero) is 1. The van der Waals surface area contributed by atoms with Crippen molar-refractivity contribution in [3.05, 3.63) is 202 Å². The predicted octanol–water partition coefficient (Wildman–Crippen LogP) is 11.1. The smallest absolute Gasteiger partial charge is 0.349 e. The highest BCUT2D eigenvalue weighted by atomic mass is 32.2. The Morgan fingerprint density at radius 3 is 1.90 bits per heavy atom. The lowest BCUT2D eigenvalue weighted by atomic mass is 9.84. The number of esters is 1. The Hall–Kier alpha value is -6.03. The third-order valence-electron chi connectivity index (χ3n) is 11.5. The summed E-state index contributed by atoms with van der Waals surface area (Å²) in [6.07, 6.45) is 0.579. The average molecular weight is 863 g/mol. The van der Waals surface area contributed by atoms with Gasteiger partial charge in [0.15, 0.2) is 0 Å². The fraction of sp³-hybridized carbons (Fsp3) is 0.278. The summed E-state index contributed by atoms with van der Waals surface area (Å²) < 4.78 is 25.9. The lowest BCUT2D eigenvalue weighted by molar-refractivity contribution is -0.164. The van der Waals surface area contributed by atoms with Crippen molar-refractivity contribution in [1.29, 1.82) is 0 Å². The van der Waals surface area contributed by atoms with Crippen LogP contribution in [-0.2, 0) is 31.9 Å². The van der Waals surface area contributed by atoms with E-state index in [0.29, 0.717) is 48.4 Å². The minimum absolute atomic E-state index is 0.0210. The highest BCUT2D eigenvalue weighted by molar-refractivity contribution is 8.01. The van der Waals surface area contributed by atoms with Crippen LogP contribution in [0.5, 0.6) is 5.75 Å². The number of para-hydroxylation sites is 1. The third kappa shape index (κ3) is 11.0. The first-order valence-corrected chi connectivity index (χ1v) is 22.4. The molecular weight excluding hydrogens is 808 g/mol. The Kier molecular flexibility index (Phi) is 14.3. The van der Waals surface area contributed by atoms with Gasteiger partial charge in [-0.2, -0.15) is 0 Å². The fourth-order valence-corrected chi connectivity index (χ4v) is 10.0. The summed E-state index contributed by atoms with van der Waals surface area (Å²) in [6.45, 7) is 9.46. The molecule has 4 atom stereocenters. The van der Waals surface area contributed by atoms with Crippen LogP contribution in [0, 0.1) is 5.82 Å². The maximum atomic E-state index is 14.4. The first-order valence-electron chi connectivity index (χ1n) is 21.6. The minimum atomic E-state index is -1.05. The van der Waals surface area contributed by atoms with Gasteiger partial charge in [-0.15, -0.1) is 11.8 Å². The van der Waals surface area contributed by atoms with Gasteiger partial charge in [-0.25, -0.2) is 9.18 Å². The number of thioether (sulfide) groups is 1. The molecule has 1 aliphatic rings. The van der Waals surface area contributed by atoms with Crippen molar-refractivity contribution in [1.82, 2.24) is 5.32 Å². The van der Waals surface area contributed by atoms with Crippen molar-refractivity contribution in [2.24, 2.45) is 0 Å². The molecule has 6 aromatic carbocycles. The summed E-state index contributed by atoms with van der Waals surface area (Å²) in [7, 11) is 0. The third-order valence-corrected chi connectivity index (χ3v) is 13.2. The van der Waals surface area contributed by atoms with Crippen LogP contribution in [0.4, 0.5) is 10.1 Å². The molecule has 9 heteroatoms. The normalized spacial score (nSPS) is 16.2. The van der Waals surface area contributed by atoms with Gasteiger partial charge in [0.2, 0.25) is 6.10 Å². The van der Waals surface area contributed by atoms with Crippen LogP contribution in [0.3, 0.4) is 0 Å². The number of benzene rings is 6. The molecule has 1 heterocycles. The van der Waals surface area contributed by atoms with Crippen LogP contribution in [0.15, 0.2) is 158 Å². The number of amides is 1.